The number of nitrogens with zero attached hydrogens (tertiary/aromatic N) is 2. The van der Waals surface area contributed by atoms with Crippen molar-refractivity contribution >= 4 is 11.9 Å². The van der Waals surface area contributed by atoms with E-state index in [9.17, 15) is 9.90 Å². The second-order valence-corrected chi connectivity index (χ2v) is 8.60. The number of allylic oxidation sites excluding steroid dienone is 1. The molecule has 2 aromatic carbocycles. The number of fused-ring (bicyclic) bond motifs is 1. The SMILES string of the molecule is COc1ccc(/C=C2\Oc3c(CN4CCN(CCO)CC4)c(O)cc(C)c3C2=O)c(OC)c1OC. The van der Waals surface area contributed by atoms with Crippen molar-refractivity contribution in [1.29, 1.82) is 0 Å². The van der Waals surface area contributed by atoms with Crippen LogP contribution in [0.5, 0.6) is 28.7 Å². The fraction of sp³-hybridized carbons (Fsp3) is 0.423. The maximum absolute atomic E-state index is 13.4. The topological polar surface area (TPSA) is 101 Å². The number of hydrogen-bond donors (Lipinski definition) is 2. The van der Waals surface area contributed by atoms with Crippen LogP contribution in [0.4, 0.5) is 0 Å². The molecule has 2 aliphatic rings. The van der Waals surface area contributed by atoms with Gasteiger partial charge in [-0.15, -0.1) is 0 Å². The summed E-state index contributed by atoms with van der Waals surface area (Å²) in [5, 5.41) is 19.9. The summed E-state index contributed by atoms with van der Waals surface area (Å²) in [6, 6.07) is 5.13. The fourth-order valence-electron chi connectivity index (χ4n) is 4.65. The number of benzene rings is 2. The van der Waals surface area contributed by atoms with Gasteiger partial charge in [-0.05, 0) is 36.8 Å². The minimum absolute atomic E-state index is 0.108. The number of methoxy groups -OCH3 is 3. The molecule has 0 amide bonds. The number of phenolic OH excluding ortho intramolecular Hbond substituents is 1. The summed E-state index contributed by atoms with van der Waals surface area (Å²) in [7, 11) is 4.58. The van der Waals surface area contributed by atoms with Crippen molar-refractivity contribution in [2.75, 3.05) is 60.7 Å². The molecule has 0 radical (unpaired) electrons. The number of aryl methyl sites for hydroxylation is 1. The van der Waals surface area contributed by atoms with Gasteiger partial charge in [-0.3, -0.25) is 14.6 Å². The maximum Gasteiger partial charge on any atom is 0.232 e. The third-order valence-electron chi connectivity index (χ3n) is 6.50. The lowest BCUT2D eigenvalue weighted by Gasteiger charge is -2.34. The lowest BCUT2D eigenvalue weighted by Crippen LogP contribution is -2.46. The number of aromatic hydroxyl groups is 1. The van der Waals surface area contributed by atoms with E-state index in [-0.39, 0.29) is 23.9 Å². The summed E-state index contributed by atoms with van der Waals surface area (Å²) in [6.07, 6.45) is 1.62. The van der Waals surface area contributed by atoms with Crippen molar-refractivity contribution < 1.29 is 34.0 Å². The van der Waals surface area contributed by atoms with E-state index < -0.39 is 0 Å². The first-order valence-corrected chi connectivity index (χ1v) is 11.6. The van der Waals surface area contributed by atoms with Crippen molar-refractivity contribution in [3.8, 4) is 28.7 Å². The van der Waals surface area contributed by atoms with Crippen LogP contribution in [0.25, 0.3) is 6.08 Å². The van der Waals surface area contributed by atoms with Crippen LogP contribution < -0.4 is 18.9 Å². The number of carbonyl (C=O) groups is 1. The number of β-amino-alcohol motifs (C(OH)–C–C–N with tert-alkyl or cyclic N) is 1. The molecule has 9 nitrogen and oxygen atoms in total. The van der Waals surface area contributed by atoms with Gasteiger partial charge in [0.1, 0.15) is 11.5 Å². The van der Waals surface area contributed by atoms with Gasteiger partial charge >= 0.3 is 0 Å². The highest BCUT2D eigenvalue weighted by atomic mass is 16.5. The predicted molar refractivity (Wildman–Crippen MR) is 131 cm³/mol. The van der Waals surface area contributed by atoms with E-state index >= 15 is 0 Å². The molecule has 4 rings (SSSR count). The molecule has 0 unspecified atom stereocenters. The standard InChI is InChI=1S/C26H32N2O7/c1-16-13-19(30)18(15-28-9-7-27(8-10-28)11-12-29)25-22(16)23(31)21(35-25)14-17-5-6-20(32-2)26(34-4)24(17)33-3/h5-6,13-14,29-30H,7-12,15H2,1-4H3/b21-14-. The molecule has 0 saturated carbocycles. The molecule has 9 heteroatoms. The Morgan fingerprint density at radius 2 is 1.71 bits per heavy atom. The van der Waals surface area contributed by atoms with Crippen LogP contribution in [0.15, 0.2) is 24.0 Å². The predicted octanol–water partition coefficient (Wildman–Crippen LogP) is 2.45. The van der Waals surface area contributed by atoms with Gasteiger partial charge in [0, 0.05) is 44.8 Å². The van der Waals surface area contributed by atoms with E-state index in [4.69, 9.17) is 24.1 Å². The molecule has 188 valence electrons. The monoisotopic (exact) mass is 484 g/mol. The number of rotatable bonds is 8. The molecule has 0 aromatic heterocycles. The van der Waals surface area contributed by atoms with Gasteiger partial charge in [0.25, 0.3) is 0 Å². The van der Waals surface area contributed by atoms with Gasteiger partial charge < -0.3 is 29.2 Å². The lowest BCUT2D eigenvalue weighted by molar-refractivity contribution is 0.101. The zero-order valence-electron chi connectivity index (χ0n) is 20.6. The number of phenols is 1. The number of aliphatic hydroxyl groups is 1. The van der Waals surface area contributed by atoms with Crippen LogP contribution in [0.3, 0.4) is 0 Å². The molecule has 0 aliphatic carbocycles. The Hall–Kier alpha value is -3.27. The zero-order chi connectivity index (χ0) is 25.1. The largest absolute Gasteiger partial charge is 0.507 e. The number of Topliss-reactive ketones (excluding diaryl/α,β-unsaturated/α-hetero) is 1. The van der Waals surface area contributed by atoms with Gasteiger partial charge in [0.2, 0.25) is 11.5 Å². The van der Waals surface area contributed by atoms with E-state index in [0.717, 1.165) is 26.2 Å². The first-order valence-electron chi connectivity index (χ1n) is 11.6. The molecule has 1 fully saturated rings. The average molecular weight is 485 g/mol. The highest BCUT2D eigenvalue weighted by molar-refractivity contribution is 6.16. The molecule has 2 aromatic rings. The Balaban J connectivity index is 1.65. The van der Waals surface area contributed by atoms with Gasteiger partial charge in [-0.2, -0.15) is 0 Å². The Bertz CT molecular complexity index is 1140. The smallest absolute Gasteiger partial charge is 0.232 e. The third kappa shape index (κ3) is 4.80. The molecule has 0 spiro atoms. The molecular formula is C26H32N2O7. The number of aliphatic hydroxyl groups excluding tert-OH is 1. The Morgan fingerprint density at radius 1 is 1.03 bits per heavy atom. The van der Waals surface area contributed by atoms with E-state index in [1.807, 2.05) is 0 Å². The van der Waals surface area contributed by atoms with Gasteiger partial charge in [0.05, 0.1) is 39.1 Å². The molecule has 0 bridgehead atoms. The Kier molecular flexibility index (Phi) is 7.49. The summed E-state index contributed by atoms with van der Waals surface area (Å²) in [4.78, 5) is 17.8. The summed E-state index contributed by atoms with van der Waals surface area (Å²) < 4.78 is 22.4. The molecule has 1 saturated heterocycles. The van der Waals surface area contributed by atoms with Crippen LogP contribution in [0.2, 0.25) is 0 Å². The number of hydrogen-bond acceptors (Lipinski definition) is 9. The molecule has 35 heavy (non-hydrogen) atoms. The molecule has 2 aliphatic heterocycles. The quantitative estimate of drug-likeness (QED) is 0.547. The van der Waals surface area contributed by atoms with Gasteiger partial charge in [0.15, 0.2) is 17.3 Å². The number of ether oxygens (including phenoxy) is 4. The second kappa shape index (κ2) is 10.6. The second-order valence-electron chi connectivity index (χ2n) is 8.60. The molecule has 2 heterocycles. The van der Waals surface area contributed by atoms with Gasteiger partial charge in [-0.1, -0.05) is 0 Å². The van der Waals surface area contributed by atoms with Gasteiger partial charge in [-0.25, -0.2) is 0 Å². The summed E-state index contributed by atoms with van der Waals surface area (Å²) >= 11 is 0. The maximum atomic E-state index is 13.4. The highest BCUT2D eigenvalue weighted by Crippen LogP contribution is 2.44. The lowest BCUT2D eigenvalue weighted by atomic mass is 9.99. The molecule has 0 atom stereocenters. The first kappa shape index (κ1) is 24.8. The number of carbonyl (C=O) groups excluding carboxylic acids is 1. The minimum Gasteiger partial charge on any atom is -0.507 e. The van der Waals surface area contributed by atoms with Crippen LogP contribution in [-0.2, 0) is 6.54 Å². The van der Waals surface area contributed by atoms with Crippen LogP contribution >= 0.6 is 0 Å². The van der Waals surface area contributed by atoms with Crippen molar-refractivity contribution in [2.45, 2.75) is 13.5 Å². The fourth-order valence-corrected chi connectivity index (χ4v) is 4.65. The van der Waals surface area contributed by atoms with E-state index in [1.54, 1.807) is 38.3 Å². The minimum atomic E-state index is -0.247. The first-order chi connectivity index (χ1) is 16.9. The average Bonchev–Trinajstić information content (AvgIpc) is 3.18. The van der Waals surface area contributed by atoms with Crippen molar-refractivity contribution in [1.82, 2.24) is 9.80 Å². The summed E-state index contributed by atoms with van der Waals surface area (Å²) in [5.41, 5.74) is 2.31. The number of ketones is 1. The van der Waals surface area contributed by atoms with E-state index in [2.05, 4.69) is 9.80 Å². The third-order valence-corrected chi connectivity index (χ3v) is 6.50. The van der Waals surface area contributed by atoms with E-state index in [1.165, 1.54) is 14.2 Å². The van der Waals surface area contributed by atoms with Crippen molar-refractivity contribution in [2.24, 2.45) is 0 Å². The molecular weight excluding hydrogens is 452 g/mol. The summed E-state index contributed by atoms with van der Waals surface area (Å²) in [5.74, 6) is 1.76. The normalized spacial score (nSPS) is 17.4. The van der Waals surface area contributed by atoms with Crippen LogP contribution in [-0.4, -0.2) is 86.5 Å². The van der Waals surface area contributed by atoms with Crippen LogP contribution in [0, 0.1) is 6.92 Å². The summed E-state index contributed by atoms with van der Waals surface area (Å²) in [6.45, 7) is 6.30. The number of piperazine rings is 1. The molecule has 2 N–H and O–H groups in total. The highest BCUT2D eigenvalue weighted by Gasteiger charge is 2.34. The van der Waals surface area contributed by atoms with Crippen molar-refractivity contribution in [3.05, 3.63) is 46.2 Å². The zero-order valence-corrected chi connectivity index (χ0v) is 20.6. The van der Waals surface area contributed by atoms with Crippen molar-refractivity contribution in [3.63, 3.8) is 0 Å². The van der Waals surface area contributed by atoms with Crippen LogP contribution in [0.1, 0.15) is 27.0 Å². The Labute approximate surface area is 205 Å². The van der Waals surface area contributed by atoms with E-state index in [0.29, 0.717) is 58.3 Å². The Morgan fingerprint density at radius 3 is 2.34 bits per heavy atom.